The molecule has 1 fully saturated rings. The predicted octanol–water partition coefficient (Wildman–Crippen LogP) is 2.23. The van der Waals surface area contributed by atoms with E-state index in [1.165, 1.54) is 27.4 Å². The molecule has 2 amide bonds. The molecule has 0 aliphatic carbocycles. The van der Waals surface area contributed by atoms with Crippen molar-refractivity contribution in [3.63, 3.8) is 0 Å². The number of amides is 2. The van der Waals surface area contributed by atoms with Gasteiger partial charge in [0.1, 0.15) is 6.61 Å². The smallest absolute Gasteiger partial charge is 0.407 e. The highest BCUT2D eigenvalue weighted by molar-refractivity contribution is 5.95. The van der Waals surface area contributed by atoms with Crippen LogP contribution in [0, 0.1) is 0 Å². The van der Waals surface area contributed by atoms with E-state index in [1.54, 1.807) is 17.0 Å². The van der Waals surface area contributed by atoms with E-state index in [-0.39, 0.29) is 18.6 Å². The molecule has 0 saturated carbocycles. The van der Waals surface area contributed by atoms with E-state index < -0.39 is 6.09 Å². The number of methoxy groups -OCH3 is 3. The molecule has 0 bridgehead atoms. The van der Waals surface area contributed by atoms with Gasteiger partial charge in [-0.3, -0.25) is 4.79 Å². The molecular weight excluding hydrogens is 352 g/mol. The molecule has 1 aromatic rings. The van der Waals surface area contributed by atoms with Crippen molar-refractivity contribution >= 4 is 12.0 Å². The first kappa shape index (κ1) is 20.4. The Morgan fingerprint density at radius 1 is 1.15 bits per heavy atom. The average molecular weight is 378 g/mol. The van der Waals surface area contributed by atoms with E-state index in [4.69, 9.17) is 18.9 Å². The second kappa shape index (κ2) is 9.70. The van der Waals surface area contributed by atoms with Gasteiger partial charge in [-0.1, -0.05) is 12.7 Å². The summed E-state index contributed by atoms with van der Waals surface area (Å²) in [5.41, 5.74) is 0.460. The molecule has 27 heavy (non-hydrogen) atoms. The molecule has 1 aliphatic heterocycles. The number of likely N-dealkylation sites (tertiary alicyclic amines) is 1. The number of carbonyl (C=O) groups is 2. The normalized spacial score (nSPS) is 14.3. The van der Waals surface area contributed by atoms with Crippen LogP contribution >= 0.6 is 0 Å². The van der Waals surface area contributed by atoms with Crippen molar-refractivity contribution in [1.82, 2.24) is 10.2 Å². The van der Waals surface area contributed by atoms with Gasteiger partial charge in [-0.05, 0) is 25.0 Å². The number of nitrogens with one attached hydrogen (secondary N) is 1. The third-order valence-corrected chi connectivity index (χ3v) is 4.35. The number of rotatable bonds is 7. The lowest BCUT2D eigenvalue weighted by atomic mass is 10.0. The number of nitrogens with zero attached hydrogens (tertiary/aromatic N) is 1. The van der Waals surface area contributed by atoms with Crippen LogP contribution in [-0.2, 0) is 4.74 Å². The van der Waals surface area contributed by atoms with Crippen molar-refractivity contribution in [3.8, 4) is 17.2 Å². The molecule has 0 atom stereocenters. The minimum Gasteiger partial charge on any atom is -0.493 e. The van der Waals surface area contributed by atoms with Crippen LogP contribution < -0.4 is 19.5 Å². The van der Waals surface area contributed by atoms with Crippen molar-refractivity contribution in [1.29, 1.82) is 0 Å². The third-order valence-electron chi connectivity index (χ3n) is 4.35. The molecule has 8 nitrogen and oxygen atoms in total. The van der Waals surface area contributed by atoms with Crippen LogP contribution in [0.25, 0.3) is 0 Å². The van der Waals surface area contributed by atoms with Crippen LogP contribution in [0.4, 0.5) is 4.79 Å². The fourth-order valence-corrected chi connectivity index (χ4v) is 2.96. The number of hydrogen-bond acceptors (Lipinski definition) is 6. The monoisotopic (exact) mass is 378 g/mol. The van der Waals surface area contributed by atoms with Crippen LogP contribution in [0.3, 0.4) is 0 Å². The molecule has 1 N–H and O–H groups in total. The summed E-state index contributed by atoms with van der Waals surface area (Å²) >= 11 is 0. The molecule has 2 rings (SSSR count). The Kier molecular flexibility index (Phi) is 7.34. The van der Waals surface area contributed by atoms with Crippen LogP contribution in [0.2, 0.25) is 0 Å². The molecule has 0 spiro atoms. The molecule has 0 radical (unpaired) electrons. The van der Waals surface area contributed by atoms with Crippen LogP contribution in [-0.4, -0.2) is 64.0 Å². The fourth-order valence-electron chi connectivity index (χ4n) is 2.96. The average Bonchev–Trinajstić information content (AvgIpc) is 2.71. The summed E-state index contributed by atoms with van der Waals surface area (Å²) in [5, 5.41) is 2.80. The zero-order chi connectivity index (χ0) is 19.8. The van der Waals surface area contributed by atoms with E-state index in [1.807, 2.05) is 0 Å². The van der Waals surface area contributed by atoms with Gasteiger partial charge in [0.2, 0.25) is 5.75 Å². The SMILES string of the molecule is C=CCOC(=O)NC1CCN(C(=O)c2cc(OC)c(OC)c(OC)c2)CC1. The van der Waals surface area contributed by atoms with Crippen molar-refractivity contribution in [2.24, 2.45) is 0 Å². The number of hydrogen-bond donors (Lipinski definition) is 1. The maximum atomic E-state index is 12.9. The summed E-state index contributed by atoms with van der Waals surface area (Å²) in [7, 11) is 4.53. The minimum atomic E-state index is -0.468. The second-order valence-corrected chi connectivity index (χ2v) is 6.01. The molecule has 8 heteroatoms. The fraction of sp³-hybridized carbons (Fsp3) is 0.474. The molecule has 0 unspecified atom stereocenters. The number of alkyl carbamates (subject to hydrolysis) is 1. The first-order chi connectivity index (χ1) is 13.0. The zero-order valence-corrected chi connectivity index (χ0v) is 15.9. The molecule has 1 aromatic carbocycles. The summed E-state index contributed by atoms with van der Waals surface area (Å²) in [5.74, 6) is 1.18. The highest BCUT2D eigenvalue weighted by Crippen LogP contribution is 2.38. The van der Waals surface area contributed by atoms with E-state index in [0.29, 0.717) is 48.7 Å². The van der Waals surface area contributed by atoms with Gasteiger partial charge in [-0.25, -0.2) is 4.79 Å². The maximum Gasteiger partial charge on any atom is 0.407 e. The van der Waals surface area contributed by atoms with Gasteiger partial charge >= 0.3 is 6.09 Å². The van der Waals surface area contributed by atoms with Gasteiger partial charge in [-0.2, -0.15) is 0 Å². The molecular formula is C19H26N2O6. The molecule has 148 valence electrons. The number of ether oxygens (including phenoxy) is 4. The summed E-state index contributed by atoms with van der Waals surface area (Å²) in [6, 6.07) is 3.26. The van der Waals surface area contributed by atoms with Gasteiger partial charge in [0.15, 0.2) is 11.5 Å². The van der Waals surface area contributed by atoms with Crippen molar-refractivity contribution in [3.05, 3.63) is 30.4 Å². The topological polar surface area (TPSA) is 86.3 Å². The Hall–Kier alpha value is -2.90. The molecule has 1 heterocycles. The Balaban J connectivity index is 2.01. The van der Waals surface area contributed by atoms with Gasteiger partial charge in [0.05, 0.1) is 21.3 Å². The minimum absolute atomic E-state index is 0.0219. The summed E-state index contributed by atoms with van der Waals surface area (Å²) in [6.45, 7) is 4.73. The Bertz CT molecular complexity index is 658. The Morgan fingerprint density at radius 3 is 2.22 bits per heavy atom. The van der Waals surface area contributed by atoms with Gasteiger partial charge < -0.3 is 29.2 Å². The van der Waals surface area contributed by atoms with Gasteiger partial charge in [-0.15, -0.1) is 0 Å². The van der Waals surface area contributed by atoms with Gasteiger partial charge in [0.25, 0.3) is 5.91 Å². The quantitative estimate of drug-likeness (QED) is 0.732. The van der Waals surface area contributed by atoms with E-state index in [2.05, 4.69) is 11.9 Å². The zero-order valence-electron chi connectivity index (χ0n) is 15.9. The van der Waals surface area contributed by atoms with Crippen molar-refractivity contribution in [2.75, 3.05) is 41.0 Å². The molecule has 1 aliphatic rings. The third kappa shape index (κ3) is 5.06. The Labute approximate surface area is 159 Å². The largest absolute Gasteiger partial charge is 0.493 e. The second-order valence-electron chi connectivity index (χ2n) is 6.01. The first-order valence-electron chi connectivity index (χ1n) is 8.67. The standard InChI is InChI=1S/C19H26N2O6/c1-5-10-27-19(23)20-14-6-8-21(9-7-14)18(22)13-11-15(24-2)17(26-4)16(12-13)25-3/h5,11-12,14H,1,6-10H2,2-4H3,(H,20,23). The van der Waals surface area contributed by atoms with Crippen LogP contribution in [0.15, 0.2) is 24.8 Å². The predicted molar refractivity (Wildman–Crippen MR) is 99.7 cm³/mol. The van der Waals surface area contributed by atoms with Crippen molar-refractivity contribution in [2.45, 2.75) is 18.9 Å². The van der Waals surface area contributed by atoms with Gasteiger partial charge in [0, 0.05) is 24.7 Å². The lowest BCUT2D eigenvalue weighted by Gasteiger charge is -2.32. The maximum absolute atomic E-state index is 12.9. The first-order valence-corrected chi connectivity index (χ1v) is 8.67. The lowest BCUT2D eigenvalue weighted by Crippen LogP contribution is -2.46. The number of piperidine rings is 1. The van der Waals surface area contributed by atoms with E-state index in [0.717, 1.165) is 0 Å². The van der Waals surface area contributed by atoms with E-state index in [9.17, 15) is 9.59 Å². The van der Waals surface area contributed by atoms with Crippen molar-refractivity contribution < 1.29 is 28.5 Å². The summed E-state index contributed by atoms with van der Waals surface area (Å²) in [6.07, 6.45) is 2.35. The lowest BCUT2D eigenvalue weighted by molar-refractivity contribution is 0.0702. The van der Waals surface area contributed by atoms with Crippen LogP contribution in [0.5, 0.6) is 17.2 Å². The number of benzene rings is 1. The summed E-state index contributed by atoms with van der Waals surface area (Å²) < 4.78 is 20.8. The van der Waals surface area contributed by atoms with Crippen LogP contribution in [0.1, 0.15) is 23.2 Å². The Morgan fingerprint density at radius 2 is 1.74 bits per heavy atom. The van der Waals surface area contributed by atoms with E-state index >= 15 is 0 Å². The number of carbonyl (C=O) groups excluding carboxylic acids is 2. The highest BCUT2D eigenvalue weighted by atomic mass is 16.5. The molecule has 1 saturated heterocycles. The highest BCUT2D eigenvalue weighted by Gasteiger charge is 2.26. The summed E-state index contributed by atoms with van der Waals surface area (Å²) in [4.78, 5) is 26.2. The molecule has 0 aromatic heterocycles.